The second kappa shape index (κ2) is 8.78. The van der Waals surface area contributed by atoms with Gasteiger partial charge in [-0.3, -0.25) is 19.4 Å². The Morgan fingerprint density at radius 2 is 1.67 bits per heavy atom. The van der Waals surface area contributed by atoms with Gasteiger partial charge in [0.25, 0.3) is 0 Å². The first-order valence-corrected chi connectivity index (χ1v) is 11.0. The summed E-state index contributed by atoms with van der Waals surface area (Å²) in [5.74, 6) is -0.124. The molecule has 6 heteroatoms. The van der Waals surface area contributed by atoms with E-state index in [1.165, 1.54) is 4.90 Å². The second-order valence-corrected chi connectivity index (χ2v) is 8.82. The summed E-state index contributed by atoms with van der Waals surface area (Å²) in [4.78, 5) is 31.8. The highest BCUT2D eigenvalue weighted by Crippen LogP contribution is 2.36. The van der Waals surface area contributed by atoms with E-state index in [1.807, 2.05) is 55.5 Å². The number of piperazine rings is 1. The Hall–Kier alpha value is -2.37. The number of hydrogen-bond donors (Lipinski definition) is 0. The van der Waals surface area contributed by atoms with E-state index in [2.05, 4.69) is 15.9 Å². The van der Waals surface area contributed by atoms with Crippen LogP contribution in [-0.4, -0.2) is 60.9 Å². The summed E-state index contributed by atoms with van der Waals surface area (Å²) in [6, 6.07) is 17.6. The monoisotopic (exact) mass is 425 g/mol. The van der Waals surface area contributed by atoms with E-state index < -0.39 is 5.41 Å². The molecule has 2 aromatic rings. The maximum Gasteiger partial charge on any atom is 0.240 e. The van der Waals surface area contributed by atoms with E-state index in [0.29, 0.717) is 6.54 Å². The zero-order valence-corrected chi connectivity index (χ0v) is 18.1. The third-order valence-corrected chi connectivity index (χ3v) is 6.57. The Balaban J connectivity index is 1.27. The summed E-state index contributed by atoms with van der Waals surface area (Å²) in [7, 11) is 0. The first-order chi connectivity index (χ1) is 14.5. The molecule has 0 bridgehead atoms. The lowest BCUT2D eigenvalue weighted by molar-refractivity contribution is -0.139. The summed E-state index contributed by atoms with van der Waals surface area (Å²) in [5.41, 5.74) is 1.35. The summed E-state index contributed by atoms with van der Waals surface area (Å²) < 4.78 is 0. The van der Waals surface area contributed by atoms with Gasteiger partial charge in [0.1, 0.15) is 0 Å². The van der Waals surface area contributed by atoms with Crippen molar-refractivity contribution >= 4 is 29.1 Å². The number of anilines is 1. The van der Waals surface area contributed by atoms with E-state index in [1.54, 1.807) is 0 Å². The molecule has 2 heterocycles. The van der Waals surface area contributed by atoms with E-state index in [9.17, 15) is 9.59 Å². The van der Waals surface area contributed by atoms with Crippen LogP contribution in [0.5, 0.6) is 0 Å². The molecule has 0 N–H and O–H groups in total. The van der Waals surface area contributed by atoms with Crippen molar-refractivity contribution in [3.63, 3.8) is 0 Å². The van der Waals surface area contributed by atoms with Gasteiger partial charge in [0.15, 0.2) is 0 Å². The molecule has 2 amide bonds. The molecule has 0 aliphatic carbocycles. The number of hydrogen-bond acceptors (Lipinski definition) is 4. The molecule has 0 saturated carbocycles. The lowest BCUT2D eigenvalue weighted by Gasteiger charge is -2.36. The largest absolute Gasteiger partial charge is 0.369 e. The van der Waals surface area contributed by atoms with Crippen LogP contribution in [0.15, 0.2) is 54.6 Å². The SMILES string of the molecule is CC1(c2ccccc2)CC(=O)N(CCCN2CCN(c3cccc(Cl)c3)CC2)C1=O. The number of carbonyl (C=O) groups excluding carboxylic acids is 2. The highest BCUT2D eigenvalue weighted by Gasteiger charge is 2.48. The molecule has 2 aromatic carbocycles. The zero-order valence-electron chi connectivity index (χ0n) is 17.4. The second-order valence-electron chi connectivity index (χ2n) is 8.39. The van der Waals surface area contributed by atoms with Crippen LogP contribution in [0.1, 0.15) is 25.3 Å². The van der Waals surface area contributed by atoms with E-state index >= 15 is 0 Å². The molecular formula is C24H28ClN3O2. The lowest BCUT2D eigenvalue weighted by atomic mass is 9.81. The topological polar surface area (TPSA) is 43.9 Å². The van der Waals surface area contributed by atoms with Crippen molar-refractivity contribution in [3.05, 3.63) is 65.2 Å². The number of nitrogens with zero attached hydrogens (tertiary/aromatic N) is 3. The van der Waals surface area contributed by atoms with Crippen LogP contribution in [0.4, 0.5) is 5.69 Å². The van der Waals surface area contributed by atoms with Crippen LogP contribution in [-0.2, 0) is 15.0 Å². The third kappa shape index (κ3) is 4.23. The quantitative estimate of drug-likeness (QED) is 0.664. The van der Waals surface area contributed by atoms with Crippen LogP contribution in [0.3, 0.4) is 0 Å². The van der Waals surface area contributed by atoms with Crippen molar-refractivity contribution in [2.45, 2.75) is 25.2 Å². The average Bonchev–Trinajstić information content (AvgIpc) is 2.99. The van der Waals surface area contributed by atoms with Crippen LogP contribution in [0, 0.1) is 0 Å². The van der Waals surface area contributed by atoms with Crippen LogP contribution in [0.2, 0.25) is 5.02 Å². The summed E-state index contributed by atoms with van der Waals surface area (Å²) in [6.45, 7) is 7.11. The predicted molar refractivity (Wildman–Crippen MR) is 120 cm³/mol. The molecule has 2 aliphatic heterocycles. The molecule has 0 radical (unpaired) electrons. The summed E-state index contributed by atoms with van der Waals surface area (Å²) >= 11 is 6.11. The number of carbonyl (C=O) groups is 2. The Bertz CT molecular complexity index is 912. The fraction of sp³-hybridized carbons (Fsp3) is 0.417. The van der Waals surface area contributed by atoms with Gasteiger partial charge < -0.3 is 4.90 Å². The van der Waals surface area contributed by atoms with Crippen molar-refractivity contribution in [2.24, 2.45) is 0 Å². The highest BCUT2D eigenvalue weighted by atomic mass is 35.5. The van der Waals surface area contributed by atoms with Crippen molar-refractivity contribution < 1.29 is 9.59 Å². The first-order valence-electron chi connectivity index (χ1n) is 10.6. The molecule has 0 spiro atoms. The third-order valence-electron chi connectivity index (χ3n) is 6.34. The standard InChI is InChI=1S/C24H28ClN3O2/c1-24(19-7-3-2-4-8-19)18-22(29)28(23(24)30)12-6-11-26-13-15-27(16-14-26)21-10-5-9-20(25)17-21/h2-5,7-10,17H,6,11-16,18H2,1H3. The molecule has 0 aromatic heterocycles. The predicted octanol–water partition coefficient (Wildman–Crippen LogP) is 3.57. The Labute approximate surface area is 183 Å². The van der Waals surface area contributed by atoms with Gasteiger partial charge in [0.2, 0.25) is 11.8 Å². The molecule has 158 valence electrons. The van der Waals surface area contributed by atoms with E-state index in [4.69, 9.17) is 11.6 Å². The minimum Gasteiger partial charge on any atom is -0.369 e. The van der Waals surface area contributed by atoms with Crippen molar-refractivity contribution in [3.8, 4) is 0 Å². The number of imide groups is 1. The van der Waals surface area contributed by atoms with Gasteiger partial charge in [0.05, 0.1) is 5.41 Å². The number of likely N-dealkylation sites (tertiary alicyclic amines) is 1. The average molecular weight is 426 g/mol. The van der Waals surface area contributed by atoms with E-state index in [0.717, 1.165) is 55.4 Å². The maximum absolute atomic E-state index is 13.0. The first kappa shape index (κ1) is 20.9. The number of benzene rings is 2. The van der Waals surface area contributed by atoms with E-state index in [-0.39, 0.29) is 18.2 Å². The lowest BCUT2D eigenvalue weighted by Crippen LogP contribution is -2.47. The van der Waals surface area contributed by atoms with Gasteiger partial charge in [-0.1, -0.05) is 48.0 Å². The Morgan fingerprint density at radius 1 is 0.933 bits per heavy atom. The normalized spacial score (nSPS) is 22.7. The molecule has 30 heavy (non-hydrogen) atoms. The van der Waals surface area contributed by atoms with Gasteiger partial charge in [0, 0.05) is 49.9 Å². The molecule has 2 saturated heterocycles. The Morgan fingerprint density at radius 3 is 2.37 bits per heavy atom. The summed E-state index contributed by atoms with van der Waals surface area (Å²) in [6.07, 6.45) is 1.06. The van der Waals surface area contributed by atoms with Gasteiger partial charge in [-0.05, 0) is 43.7 Å². The van der Waals surface area contributed by atoms with Crippen LogP contribution < -0.4 is 4.90 Å². The summed E-state index contributed by atoms with van der Waals surface area (Å²) in [5, 5.41) is 0.761. The minimum absolute atomic E-state index is 0.0582. The van der Waals surface area contributed by atoms with Crippen molar-refractivity contribution in [2.75, 3.05) is 44.2 Å². The van der Waals surface area contributed by atoms with Crippen LogP contribution >= 0.6 is 11.6 Å². The fourth-order valence-corrected chi connectivity index (χ4v) is 4.68. The fourth-order valence-electron chi connectivity index (χ4n) is 4.50. The smallest absolute Gasteiger partial charge is 0.240 e. The number of amides is 2. The molecular weight excluding hydrogens is 398 g/mol. The Kier molecular flexibility index (Phi) is 6.11. The van der Waals surface area contributed by atoms with Gasteiger partial charge in [-0.15, -0.1) is 0 Å². The van der Waals surface area contributed by atoms with Gasteiger partial charge >= 0.3 is 0 Å². The molecule has 2 aliphatic rings. The van der Waals surface area contributed by atoms with Gasteiger partial charge in [-0.25, -0.2) is 0 Å². The molecule has 2 fully saturated rings. The molecule has 4 rings (SSSR count). The van der Waals surface area contributed by atoms with Crippen LogP contribution in [0.25, 0.3) is 0 Å². The maximum atomic E-state index is 13.0. The zero-order chi connectivity index (χ0) is 21.1. The molecule has 1 unspecified atom stereocenters. The molecule has 1 atom stereocenters. The highest BCUT2D eigenvalue weighted by molar-refractivity contribution is 6.30. The molecule has 5 nitrogen and oxygen atoms in total. The van der Waals surface area contributed by atoms with Crippen molar-refractivity contribution in [1.29, 1.82) is 0 Å². The number of rotatable bonds is 6. The van der Waals surface area contributed by atoms with Crippen molar-refractivity contribution in [1.82, 2.24) is 9.80 Å². The minimum atomic E-state index is -0.735. The van der Waals surface area contributed by atoms with Gasteiger partial charge in [-0.2, -0.15) is 0 Å². The number of halogens is 1.